The molecule has 2 aromatic rings. The molecule has 0 saturated heterocycles. The molecule has 0 amide bonds. The van der Waals surface area contributed by atoms with Crippen LogP contribution in [0.5, 0.6) is 5.75 Å². The Morgan fingerprint density at radius 2 is 1.88 bits per heavy atom. The Bertz CT molecular complexity index is 506. The molecule has 2 nitrogen and oxygen atoms in total. The maximum atomic E-state index is 9.51. The molecule has 2 heteroatoms. The van der Waals surface area contributed by atoms with Gasteiger partial charge in [0.1, 0.15) is 5.75 Å². The molecule has 0 aliphatic rings. The van der Waals surface area contributed by atoms with E-state index in [0.29, 0.717) is 5.69 Å². The van der Waals surface area contributed by atoms with Crippen LogP contribution in [0.1, 0.15) is 16.7 Å². The smallest absolute Gasteiger partial charge is 0.138 e. The summed E-state index contributed by atoms with van der Waals surface area (Å²) in [7, 11) is 0. The molecule has 0 saturated carbocycles. The lowest BCUT2D eigenvalue weighted by atomic mass is 10.0. The summed E-state index contributed by atoms with van der Waals surface area (Å²) in [5.41, 5.74) is 9.70. The van der Waals surface area contributed by atoms with Crippen molar-refractivity contribution < 1.29 is 5.11 Å². The van der Waals surface area contributed by atoms with Gasteiger partial charge in [0.2, 0.25) is 0 Å². The second-order valence-electron chi connectivity index (χ2n) is 4.02. The zero-order valence-corrected chi connectivity index (χ0v) is 9.27. The van der Waals surface area contributed by atoms with E-state index < -0.39 is 0 Å². The number of phenols is 1. The number of rotatable bonds is 2. The number of hydrogen-bond acceptors (Lipinski definition) is 2. The first-order valence-corrected chi connectivity index (χ1v) is 5.28. The topological polar surface area (TPSA) is 46.2 Å². The molecule has 0 spiro atoms. The number of nitrogen functional groups attached to an aromatic ring is 1. The lowest BCUT2D eigenvalue weighted by molar-refractivity contribution is 0.477. The van der Waals surface area contributed by atoms with Crippen molar-refractivity contribution >= 4 is 5.69 Å². The van der Waals surface area contributed by atoms with Crippen LogP contribution >= 0.6 is 0 Å². The third-order valence-corrected chi connectivity index (χ3v) is 2.65. The molecule has 0 bridgehead atoms. The van der Waals surface area contributed by atoms with Crippen molar-refractivity contribution in [2.75, 3.05) is 5.73 Å². The van der Waals surface area contributed by atoms with Crippen molar-refractivity contribution in [2.45, 2.75) is 13.3 Å². The first-order chi connectivity index (χ1) is 7.66. The average Bonchev–Trinajstić information content (AvgIpc) is 2.25. The number of para-hydroxylation sites is 1. The highest BCUT2D eigenvalue weighted by atomic mass is 16.3. The molecule has 0 aliphatic carbocycles. The summed E-state index contributed by atoms with van der Waals surface area (Å²) >= 11 is 0. The minimum Gasteiger partial charge on any atom is -0.506 e. The van der Waals surface area contributed by atoms with Gasteiger partial charge in [0, 0.05) is 0 Å². The Morgan fingerprint density at radius 3 is 2.62 bits per heavy atom. The molecule has 82 valence electrons. The van der Waals surface area contributed by atoms with Crippen LogP contribution < -0.4 is 5.73 Å². The molecule has 0 radical (unpaired) electrons. The van der Waals surface area contributed by atoms with Gasteiger partial charge in [0.25, 0.3) is 0 Å². The van der Waals surface area contributed by atoms with Crippen LogP contribution in [0, 0.1) is 6.92 Å². The van der Waals surface area contributed by atoms with Crippen molar-refractivity contribution in [3.05, 3.63) is 59.2 Å². The normalized spacial score (nSPS) is 10.3. The number of aromatic hydroxyl groups is 1. The molecule has 0 unspecified atom stereocenters. The number of anilines is 1. The Balaban J connectivity index is 2.31. The third-order valence-electron chi connectivity index (χ3n) is 2.65. The predicted molar refractivity (Wildman–Crippen MR) is 66.5 cm³/mol. The highest BCUT2D eigenvalue weighted by molar-refractivity contribution is 5.58. The molecule has 3 N–H and O–H groups in total. The van der Waals surface area contributed by atoms with E-state index in [9.17, 15) is 5.11 Å². The first kappa shape index (κ1) is 10.6. The van der Waals surface area contributed by atoms with Gasteiger partial charge < -0.3 is 10.8 Å². The number of nitrogens with two attached hydrogens (primary N) is 1. The molecule has 2 rings (SSSR count). The van der Waals surface area contributed by atoms with E-state index in [1.54, 1.807) is 6.07 Å². The van der Waals surface area contributed by atoms with Crippen LogP contribution in [0.4, 0.5) is 5.69 Å². The molecule has 0 heterocycles. The Morgan fingerprint density at radius 1 is 1.12 bits per heavy atom. The van der Waals surface area contributed by atoms with Gasteiger partial charge in [-0.2, -0.15) is 0 Å². The predicted octanol–water partition coefficient (Wildman–Crippen LogP) is 2.87. The largest absolute Gasteiger partial charge is 0.506 e. The second-order valence-corrected chi connectivity index (χ2v) is 4.02. The quantitative estimate of drug-likeness (QED) is 0.595. The summed E-state index contributed by atoms with van der Waals surface area (Å²) in [6, 6.07) is 13.7. The fourth-order valence-electron chi connectivity index (χ4n) is 1.80. The summed E-state index contributed by atoms with van der Waals surface area (Å²) in [6.45, 7) is 2.06. The van der Waals surface area contributed by atoms with Gasteiger partial charge in [0.05, 0.1) is 5.69 Å². The first-order valence-electron chi connectivity index (χ1n) is 5.28. The van der Waals surface area contributed by atoms with E-state index in [1.165, 1.54) is 11.1 Å². The summed E-state index contributed by atoms with van der Waals surface area (Å²) in [5.74, 6) is 0.158. The van der Waals surface area contributed by atoms with E-state index in [2.05, 4.69) is 25.1 Å². The standard InChI is InChI=1S/C14H15NO/c1-10-4-2-5-11(8-10)9-12-6-3-7-13(16)14(12)15/h2-8,16H,9,15H2,1H3. The molecule has 2 aromatic carbocycles. The van der Waals surface area contributed by atoms with Crippen LogP contribution in [0.2, 0.25) is 0 Å². The van der Waals surface area contributed by atoms with Crippen molar-refractivity contribution in [1.82, 2.24) is 0 Å². The zero-order chi connectivity index (χ0) is 11.5. The average molecular weight is 213 g/mol. The maximum Gasteiger partial charge on any atom is 0.138 e. The molecule has 0 fully saturated rings. The number of phenolic OH excluding ortho intramolecular Hbond substituents is 1. The van der Waals surface area contributed by atoms with E-state index in [1.807, 2.05) is 18.2 Å². The third kappa shape index (κ3) is 2.16. The number of hydrogen-bond donors (Lipinski definition) is 2. The van der Waals surface area contributed by atoms with Gasteiger partial charge >= 0.3 is 0 Å². The number of aryl methyl sites for hydroxylation is 1. The van der Waals surface area contributed by atoms with Crippen molar-refractivity contribution in [3.8, 4) is 5.75 Å². The minimum absolute atomic E-state index is 0.158. The summed E-state index contributed by atoms with van der Waals surface area (Å²) < 4.78 is 0. The van der Waals surface area contributed by atoms with Crippen molar-refractivity contribution in [3.63, 3.8) is 0 Å². The van der Waals surface area contributed by atoms with Crippen LogP contribution in [-0.4, -0.2) is 5.11 Å². The molecule has 0 aromatic heterocycles. The Kier molecular flexibility index (Phi) is 2.82. The van der Waals surface area contributed by atoms with E-state index in [-0.39, 0.29) is 5.75 Å². The second kappa shape index (κ2) is 4.27. The highest BCUT2D eigenvalue weighted by Gasteiger charge is 2.04. The molecular formula is C14H15NO. The Hall–Kier alpha value is -1.96. The molecular weight excluding hydrogens is 198 g/mol. The number of benzene rings is 2. The maximum absolute atomic E-state index is 9.51. The highest BCUT2D eigenvalue weighted by Crippen LogP contribution is 2.25. The summed E-state index contributed by atoms with van der Waals surface area (Å²) in [5, 5.41) is 9.51. The van der Waals surface area contributed by atoms with Crippen LogP contribution in [-0.2, 0) is 6.42 Å². The summed E-state index contributed by atoms with van der Waals surface area (Å²) in [6.07, 6.45) is 0.752. The van der Waals surface area contributed by atoms with Crippen molar-refractivity contribution in [1.29, 1.82) is 0 Å². The van der Waals surface area contributed by atoms with Gasteiger partial charge in [-0.05, 0) is 30.5 Å². The van der Waals surface area contributed by atoms with E-state index in [4.69, 9.17) is 5.73 Å². The fourth-order valence-corrected chi connectivity index (χ4v) is 1.80. The van der Waals surface area contributed by atoms with Gasteiger partial charge in [-0.25, -0.2) is 0 Å². The summed E-state index contributed by atoms with van der Waals surface area (Å²) in [4.78, 5) is 0. The minimum atomic E-state index is 0.158. The Labute approximate surface area is 95.4 Å². The van der Waals surface area contributed by atoms with E-state index in [0.717, 1.165) is 12.0 Å². The fraction of sp³-hybridized carbons (Fsp3) is 0.143. The van der Waals surface area contributed by atoms with Gasteiger partial charge in [-0.3, -0.25) is 0 Å². The zero-order valence-electron chi connectivity index (χ0n) is 9.27. The van der Waals surface area contributed by atoms with Gasteiger partial charge in [-0.1, -0.05) is 42.0 Å². The van der Waals surface area contributed by atoms with Gasteiger partial charge in [-0.15, -0.1) is 0 Å². The SMILES string of the molecule is Cc1cccc(Cc2cccc(O)c2N)c1. The van der Waals surface area contributed by atoms with E-state index >= 15 is 0 Å². The van der Waals surface area contributed by atoms with Crippen LogP contribution in [0.15, 0.2) is 42.5 Å². The molecule has 16 heavy (non-hydrogen) atoms. The van der Waals surface area contributed by atoms with Crippen LogP contribution in [0.25, 0.3) is 0 Å². The van der Waals surface area contributed by atoms with Crippen LogP contribution in [0.3, 0.4) is 0 Å². The lowest BCUT2D eigenvalue weighted by Gasteiger charge is -2.07. The molecule has 0 aliphatic heterocycles. The molecule has 0 atom stereocenters. The van der Waals surface area contributed by atoms with Gasteiger partial charge in [0.15, 0.2) is 0 Å². The lowest BCUT2D eigenvalue weighted by Crippen LogP contribution is -1.96. The van der Waals surface area contributed by atoms with Crippen molar-refractivity contribution in [2.24, 2.45) is 0 Å². The monoisotopic (exact) mass is 213 g/mol.